The average molecular weight is 447 g/mol. The first-order valence-corrected chi connectivity index (χ1v) is 11.4. The molecule has 0 aliphatic carbocycles. The fraction of sp³-hybridized carbons (Fsp3) is 0.333. The Morgan fingerprint density at radius 3 is 2.52 bits per heavy atom. The number of hydrogen-bond acceptors (Lipinski definition) is 5. The summed E-state index contributed by atoms with van der Waals surface area (Å²) in [5.41, 5.74) is 0.812. The van der Waals surface area contributed by atoms with Crippen molar-refractivity contribution in [2.24, 2.45) is 5.92 Å². The van der Waals surface area contributed by atoms with Crippen LogP contribution in [-0.4, -0.2) is 43.7 Å². The van der Waals surface area contributed by atoms with Crippen LogP contribution in [0.3, 0.4) is 0 Å². The number of fused-ring (bicyclic) bond motifs is 1. The molecule has 1 unspecified atom stereocenters. The van der Waals surface area contributed by atoms with Gasteiger partial charge < -0.3 is 15.4 Å². The van der Waals surface area contributed by atoms with E-state index in [0.717, 1.165) is 0 Å². The van der Waals surface area contributed by atoms with Crippen molar-refractivity contribution in [1.82, 2.24) is 4.31 Å². The zero-order chi connectivity index (χ0) is 22.2. The normalized spacial score (nSPS) is 19.8. The first-order valence-electron chi connectivity index (χ1n) is 9.92. The van der Waals surface area contributed by atoms with E-state index in [2.05, 4.69) is 10.6 Å². The van der Waals surface area contributed by atoms with Crippen LogP contribution in [0, 0.1) is 11.7 Å². The number of nitrogens with zero attached hydrogens (tertiary/aromatic N) is 1. The zero-order valence-corrected chi connectivity index (χ0v) is 17.6. The molecule has 4 rings (SSSR count). The number of piperidine rings is 1. The van der Waals surface area contributed by atoms with E-state index in [1.807, 2.05) is 0 Å². The van der Waals surface area contributed by atoms with Gasteiger partial charge in [0.2, 0.25) is 15.9 Å². The minimum absolute atomic E-state index is 0.0546. The highest BCUT2D eigenvalue weighted by molar-refractivity contribution is 7.89. The van der Waals surface area contributed by atoms with Gasteiger partial charge in [0.15, 0.2) is 6.10 Å². The summed E-state index contributed by atoms with van der Waals surface area (Å²) < 4.78 is 45.9. The second-order valence-electron chi connectivity index (χ2n) is 7.58. The van der Waals surface area contributed by atoms with E-state index in [9.17, 15) is 22.4 Å². The minimum Gasteiger partial charge on any atom is -0.479 e. The first-order chi connectivity index (χ1) is 14.7. The summed E-state index contributed by atoms with van der Waals surface area (Å²) in [6.45, 7) is 2.00. The van der Waals surface area contributed by atoms with E-state index in [1.54, 1.807) is 6.92 Å². The topological polar surface area (TPSA) is 105 Å². The maximum atomic E-state index is 13.1. The molecule has 2 heterocycles. The summed E-state index contributed by atoms with van der Waals surface area (Å²) in [7, 11) is -3.79. The van der Waals surface area contributed by atoms with Crippen molar-refractivity contribution in [1.29, 1.82) is 0 Å². The third-order valence-electron chi connectivity index (χ3n) is 5.46. The molecule has 164 valence electrons. The molecule has 2 N–H and O–H groups in total. The highest BCUT2D eigenvalue weighted by Crippen LogP contribution is 2.33. The van der Waals surface area contributed by atoms with Gasteiger partial charge in [0.1, 0.15) is 11.6 Å². The van der Waals surface area contributed by atoms with Crippen molar-refractivity contribution < 1.29 is 27.1 Å². The van der Waals surface area contributed by atoms with Gasteiger partial charge in [-0.05, 0) is 62.2 Å². The number of rotatable bonds is 4. The summed E-state index contributed by atoms with van der Waals surface area (Å²) >= 11 is 0. The molecule has 1 fully saturated rings. The number of anilines is 2. The first kappa shape index (κ1) is 21.3. The Bertz CT molecular complexity index is 1110. The predicted octanol–water partition coefficient (Wildman–Crippen LogP) is 2.58. The van der Waals surface area contributed by atoms with Crippen LogP contribution in [0.25, 0.3) is 0 Å². The Morgan fingerprint density at radius 2 is 1.84 bits per heavy atom. The highest BCUT2D eigenvalue weighted by atomic mass is 32.2. The lowest BCUT2D eigenvalue weighted by atomic mass is 9.97. The Morgan fingerprint density at radius 1 is 1.16 bits per heavy atom. The van der Waals surface area contributed by atoms with Gasteiger partial charge in [0.25, 0.3) is 5.91 Å². The third-order valence-corrected chi connectivity index (χ3v) is 7.35. The molecule has 0 bridgehead atoms. The molecule has 8 nitrogen and oxygen atoms in total. The van der Waals surface area contributed by atoms with Crippen molar-refractivity contribution in [2.45, 2.75) is 30.8 Å². The van der Waals surface area contributed by atoms with E-state index >= 15 is 0 Å². The van der Waals surface area contributed by atoms with Crippen LogP contribution in [0.4, 0.5) is 15.8 Å². The SMILES string of the molecule is CC1Oc2ccc(S(=O)(=O)N3CCC(C(=O)Nc4ccc(F)cc4)CC3)cc2NC1=O. The second-order valence-corrected chi connectivity index (χ2v) is 9.52. The quantitative estimate of drug-likeness (QED) is 0.750. The second kappa shape index (κ2) is 8.27. The monoisotopic (exact) mass is 447 g/mol. The van der Waals surface area contributed by atoms with Crippen LogP contribution in [0.1, 0.15) is 19.8 Å². The molecule has 0 aromatic heterocycles. The van der Waals surface area contributed by atoms with Crippen LogP contribution in [0.5, 0.6) is 5.75 Å². The Labute approximate surface area is 179 Å². The molecular formula is C21H22FN3O5S. The molecule has 2 aliphatic heterocycles. The number of hydrogen-bond donors (Lipinski definition) is 2. The molecule has 1 saturated heterocycles. The van der Waals surface area contributed by atoms with Crippen molar-refractivity contribution in [3.05, 3.63) is 48.3 Å². The number of carbonyl (C=O) groups is 2. The summed E-state index contributed by atoms with van der Waals surface area (Å²) in [5, 5.41) is 5.39. The van der Waals surface area contributed by atoms with Crippen molar-refractivity contribution in [3.8, 4) is 5.75 Å². The number of amides is 2. The summed E-state index contributed by atoms with van der Waals surface area (Å²) in [4.78, 5) is 24.3. The van der Waals surface area contributed by atoms with E-state index in [-0.39, 0.29) is 41.5 Å². The van der Waals surface area contributed by atoms with Crippen LogP contribution >= 0.6 is 0 Å². The van der Waals surface area contributed by atoms with Gasteiger partial charge in [-0.2, -0.15) is 4.31 Å². The molecule has 0 radical (unpaired) electrons. The number of carbonyl (C=O) groups excluding carboxylic acids is 2. The van der Waals surface area contributed by atoms with Crippen LogP contribution in [0.2, 0.25) is 0 Å². The Balaban J connectivity index is 1.41. The lowest BCUT2D eigenvalue weighted by molar-refractivity contribution is -0.123. The molecule has 2 amide bonds. The molecule has 2 aromatic rings. The zero-order valence-electron chi connectivity index (χ0n) is 16.8. The summed E-state index contributed by atoms with van der Waals surface area (Å²) in [6, 6.07) is 9.85. The summed E-state index contributed by atoms with van der Waals surface area (Å²) in [6.07, 6.45) is 0.0957. The number of sulfonamides is 1. The molecular weight excluding hydrogens is 425 g/mol. The maximum Gasteiger partial charge on any atom is 0.265 e. The van der Waals surface area contributed by atoms with Gasteiger partial charge in [-0.1, -0.05) is 0 Å². The summed E-state index contributed by atoms with van der Waals surface area (Å²) in [5.74, 6) is -0.864. The van der Waals surface area contributed by atoms with Crippen LogP contribution in [-0.2, 0) is 19.6 Å². The van der Waals surface area contributed by atoms with Crippen molar-refractivity contribution in [3.63, 3.8) is 0 Å². The van der Waals surface area contributed by atoms with Crippen LogP contribution < -0.4 is 15.4 Å². The lowest BCUT2D eigenvalue weighted by Gasteiger charge is -2.31. The predicted molar refractivity (Wildman–Crippen MR) is 112 cm³/mol. The van der Waals surface area contributed by atoms with E-state index in [4.69, 9.17) is 4.74 Å². The van der Waals surface area contributed by atoms with Gasteiger partial charge in [-0.15, -0.1) is 0 Å². The van der Waals surface area contributed by atoms with Gasteiger partial charge in [0, 0.05) is 24.7 Å². The number of benzene rings is 2. The van der Waals surface area contributed by atoms with Crippen molar-refractivity contribution >= 4 is 33.2 Å². The van der Waals surface area contributed by atoms with Gasteiger partial charge in [0.05, 0.1) is 10.6 Å². The third kappa shape index (κ3) is 4.40. The standard InChI is InChI=1S/C21H22FN3O5S/c1-13-20(26)24-18-12-17(6-7-19(18)30-13)31(28,29)25-10-8-14(9-11-25)21(27)23-16-4-2-15(22)3-5-16/h2-7,12-14H,8-11H2,1H3,(H,23,27)(H,24,26). The molecule has 1 atom stereocenters. The average Bonchev–Trinajstić information content (AvgIpc) is 2.76. The Hall–Kier alpha value is -2.98. The van der Waals surface area contributed by atoms with E-state index in [1.165, 1.54) is 46.8 Å². The smallest absolute Gasteiger partial charge is 0.265 e. The van der Waals surface area contributed by atoms with Gasteiger partial charge in [-0.25, -0.2) is 12.8 Å². The maximum absolute atomic E-state index is 13.1. The van der Waals surface area contributed by atoms with Crippen LogP contribution in [0.15, 0.2) is 47.4 Å². The molecule has 2 aliphatic rings. The number of halogens is 1. The molecule has 0 spiro atoms. The van der Waals surface area contributed by atoms with E-state index < -0.39 is 16.1 Å². The molecule has 31 heavy (non-hydrogen) atoms. The molecule has 0 saturated carbocycles. The van der Waals surface area contributed by atoms with Crippen molar-refractivity contribution in [2.75, 3.05) is 23.7 Å². The minimum atomic E-state index is -3.79. The largest absolute Gasteiger partial charge is 0.479 e. The fourth-order valence-corrected chi connectivity index (χ4v) is 5.13. The van der Waals surface area contributed by atoms with E-state index in [0.29, 0.717) is 30.0 Å². The molecule has 10 heteroatoms. The number of ether oxygens (including phenoxy) is 1. The highest BCUT2D eigenvalue weighted by Gasteiger charge is 2.33. The fourth-order valence-electron chi connectivity index (χ4n) is 3.63. The van der Waals surface area contributed by atoms with Gasteiger partial charge in [-0.3, -0.25) is 9.59 Å². The lowest BCUT2D eigenvalue weighted by Crippen LogP contribution is -2.41. The number of nitrogens with one attached hydrogen (secondary N) is 2. The Kier molecular flexibility index (Phi) is 5.67. The molecule has 2 aromatic carbocycles. The van der Waals surface area contributed by atoms with Gasteiger partial charge >= 0.3 is 0 Å².